The summed E-state index contributed by atoms with van der Waals surface area (Å²) in [6, 6.07) is 20.3. The van der Waals surface area contributed by atoms with Crippen LogP contribution in [0.1, 0.15) is 25.1 Å². The Labute approximate surface area is 199 Å². The number of benzene rings is 2. The number of ether oxygens (including phenoxy) is 1. The third kappa shape index (κ3) is 4.93. The number of carbonyl (C=O) groups is 2. The molecule has 4 rings (SSSR count). The maximum Gasteiger partial charge on any atom is 0.278 e. The summed E-state index contributed by atoms with van der Waals surface area (Å²) in [5, 5.41) is 3.20. The van der Waals surface area contributed by atoms with Crippen LogP contribution in [0.2, 0.25) is 0 Å². The largest absolute Gasteiger partial charge is 0.491 e. The summed E-state index contributed by atoms with van der Waals surface area (Å²) in [5.74, 6) is -0.0410. The molecule has 0 aliphatic carbocycles. The van der Waals surface area contributed by atoms with E-state index in [9.17, 15) is 9.59 Å². The van der Waals surface area contributed by atoms with Gasteiger partial charge in [0, 0.05) is 31.7 Å². The van der Waals surface area contributed by atoms with Gasteiger partial charge in [0.15, 0.2) is 0 Å². The van der Waals surface area contributed by atoms with Gasteiger partial charge in [-0.05, 0) is 67.9 Å². The minimum Gasteiger partial charge on any atom is -0.491 e. The van der Waals surface area contributed by atoms with Crippen LogP contribution in [0.5, 0.6) is 5.75 Å². The number of imide groups is 1. The van der Waals surface area contributed by atoms with Gasteiger partial charge in [0.05, 0.1) is 23.9 Å². The fourth-order valence-corrected chi connectivity index (χ4v) is 3.72. The third-order valence-electron chi connectivity index (χ3n) is 5.38. The van der Waals surface area contributed by atoms with Crippen molar-refractivity contribution in [2.45, 2.75) is 26.5 Å². The Morgan fingerprint density at radius 1 is 0.941 bits per heavy atom. The first-order valence-electron chi connectivity index (χ1n) is 11.2. The zero-order valence-electron chi connectivity index (χ0n) is 19.8. The second-order valence-corrected chi connectivity index (χ2v) is 8.52. The minimum atomic E-state index is -0.384. The van der Waals surface area contributed by atoms with Gasteiger partial charge in [0.2, 0.25) is 0 Å². The second kappa shape index (κ2) is 9.79. The lowest BCUT2D eigenvalue weighted by Gasteiger charge is -2.15. The molecule has 0 saturated carbocycles. The van der Waals surface area contributed by atoms with E-state index in [1.165, 1.54) is 4.90 Å². The summed E-state index contributed by atoms with van der Waals surface area (Å²) in [5.41, 5.74) is 3.61. The van der Waals surface area contributed by atoms with Crippen molar-refractivity contribution in [2.75, 3.05) is 24.3 Å². The van der Waals surface area contributed by atoms with Crippen LogP contribution in [0.25, 0.3) is 5.57 Å². The SMILES string of the molecule is CC(C)Oc1ccc(C2=C(Nc3ccc(N(C)C)cc3)C(=O)N(Cc3ccccn3)C2=O)cc1. The molecule has 1 N–H and O–H groups in total. The van der Waals surface area contributed by atoms with Crippen LogP contribution in [0, 0.1) is 0 Å². The van der Waals surface area contributed by atoms with Gasteiger partial charge < -0.3 is 15.0 Å². The van der Waals surface area contributed by atoms with Crippen LogP contribution in [-0.4, -0.2) is 41.9 Å². The van der Waals surface area contributed by atoms with Gasteiger partial charge in [-0.2, -0.15) is 0 Å². The van der Waals surface area contributed by atoms with Gasteiger partial charge in [0.25, 0.3) is 11.8 Å². The molecule has 1 aliphatic rings. The average Bonchev–Trinajstić information content (AvgIpc) is 3.04. The number of anilines is 2. The van der Waals surface area contributed by atoms with Gasteiger partial charge in [0.1, 0.15) is 11.4 Å². The number of carbonyl (C=O) groups excluding carboxylic acids is 2. The Morgan fingerprint density at radius 2 is 1.65 bits per heavy atom. The van der Waals surface area contributed by atoms with E-state index in [0.717, 1.165) is 11.4 Å². The summed E-state index contributed by atoms with van der Waals surface area (Å²) < 4.78 is 5.73. The molecule has 0 fully saturated rings. The highest BCUT2D eigenvalue weighted by Gasteiger charge is 2.39. The zero-order valence-corrected chi connectivity index (χ0v) is 19.8. The first kappa shape index (κ1) is 23.0. The van der Waals surface area contributed by atoms with Crippen LogP contribution in [0.3, 0.4) is 0 Å². The van der Waals surface area contributed by atoms with Crippen LogP contribution in [-0.2, 0) is 16.1 Å². The molecule has 2 heterocycles. The maximum absolute atomic E-state index is 13.5. The minimum absolute atomic E-state index is 0.0379. The molecule has 2 aromatic carbocycles. The van der Waals surface area contributed by atoms with Crippen LogP contribution in [0.15, 0.2) is 78.6 Å². The predicted octanol–water partition coefficient (Wildman–Crippen LogP) is 4.33. The van der Waals surface area contributed by atoms with Crippen molar-refractivity contribution < 1.29 is 14.3 Å². The van der Waals surface area contributed by atoms with Gasteiger partial charge in [-0.3, -0.25) is 19.5 Å². The van der Waals surface area contributed by atoms with E-state index in [-0.39, 0.29) is 30.2 Å². The highest BCUT2D eigenvalue weighted by Crippen LogP contribution is 2.32. The molecule has 0 unspecified atom stereocenters. The highest BCUT2D eigenvalue weighted by molar-refractivity contribution is 6.36. The van der Waals surface area contributed by atoms with Crippen molar-refractivity contribution in [3.63, 3.8) is 0 Å². The monoisotopic (exact) mass is 456 g/mol. The first-order valence-corrected chi connectivity index (χ1v) is 11.2. The molecule has 0 atom stereocenters. The van der Waals surface area contributed by atoms with E-state index in [1.54, 1.807) is 30.5 Å². The smallest absolute Gasteiger partial charge is 0.278 e. The van der Waals surface area contributed by atoms with E-state index in [1.807, 2.05) is 75.3 Å². The molecular formula is C27H28N4O3. The summed E-state index contributed by atoms with van der Waals surface area (Å²) in [6.45, 7) is 4.00. The normalized spacial score (nSPS) is 13.6. The standard InChI is InChI=1S/C27H28N4O3/c1-18(2)34-23-14-8-19(9-15-23)24-25(29-20-10-12-22(13-11-20)30(3)4)27(33)31(26(24)32)17-21-7-5-6-16-28-21/h5-16,18,29H,17H2,1-4H3. The molecule has 0 radical (unpaired) electrons. The number of amides is 2. The highest BCUT2D eigenvalue weighted by atomic mass is 16.5. The van der Waals surface area contributed by atoms with E-state index >= 15 is 0 Å². The average molecular weight is 457 g/mol. The topological polar surface area (TPSA) is 74.8 Å². The molecule has 0 spiro atoms. The van der Waals surface area contributed by atoms with Crippen molar-refractivity contribution in [3.8, 4) is 5.75 Å². The molecule has 1 aromatic heterocycles. The first-order chi connectivity index (χ1) is 16.3. The Balaban J connectivity index is 1.69. The number of pyridine rings is 1. The Kier molecular flexibility index (Phi) is 6.63. The molecule has 1 aliphatic heterocycles. The summed E-state index contributed by atoms with van der Waals surface area (Å²) in [7, 11) is 3.93. The fourth-order valence-electron chi connectivity index (χ4n) is 3.72. The maximum atomic E-state index is 13.5. The van der Waals surface area contributed by atoms with E-state index < -0.39 is 0 Å². The van der Waals surface area contributed by atoms with Crippen molar-refractivity contribution >= 4 is 28.8 Å². The van der Waals surface area contributed by atoms with E-state index in [2.05, 4.69) is 10.3 Å². The van der Waals surface area contributed by atoms with Gasteiger partial charge >= 0.3 is 0 Å². The molecule has 0 saturated heterocycles. The van der Waals surface area contributed by atoms with Crippen LogP contribution < -0.4 is 15.0 Å². The van der Waals surface area contributed by atoms with Gasteiger partial charge in [-0.15, -0.1) is 0 Å². The quantitative estimate of drug-likeness (QED) is 0.509. The lowest BCUT2D eigenvalue weighted by Crippen LogP contribution is -2.32. The number of hydrogen-bond acceptors (Lipinski definition) is 6. The van der Waals surface area contributed by atoms with Gasteiger partial charge in [-0.1, -0.05) is 18.2 Å². The molecule has 2 amide bonds. The molecule has 174 valence electrons. The molecule has 7 heteroatoms. The Hall–Kier alpha value is -4.13. The number of nitrogens with zero attached hydrogens (tertiary/aromatic N) is 3. The number of nitrogens with one attached hydrogen (secondary N) is 1. The number of rotatable bonds is 8. The number of hydrogen-bond donors (Lipinski definition) is 1. The van der Waals surface area contributed by atoms with Crippen molar-refractivity contribution in [2.24, 2.45) is 0 Å². The van der Waals surface area contributed by atoms with Crippen molar-refractivity contribution in [3.05, 3.63) is 89.9 Å². The zero-order chi connectivity index (χ0) is 24.2. The summed E-state index contributed by atoms with van der Waals surface area (Å²) >= 11 is 0. The van der Waals surface area contributed by atoms with Crippen molar-refractivity contribution in [1.82, 2.24) is 9.88 Å². The van der Waals surface area contributed by atoms with Crippen molar-refractivity contribution in [1.29, 1.82) is 0 Å². The fraction of sp³-hybridized carbons (Fsp3) is 0.222. The van der Waals surface area contributed by atoms with Crippen LogP contribution >= 0.6 is 0 Å². The lowest BCUT2D eigenvalue weighted by atomic mass is 10.0. The predicted molar refractivity (Wildman–Crippen MR) is 133 cm³/mol. The van der Waals surface area contributed by atoms with Crippen LogP contribution in [0.4, 0.5) is 11.4 Å². The van der Waals surface area contributed by atoms with E-state index in [4.69, 9.17) is 4.74 Å². The lowest BCUT2D eigenvalue weighted by molar-refractivity contribution is -0.137. The molecule has 7 nitrogen and oxygen atoms in total. The Bertz CT molecular complexity index is 1200. The molecular weight excluding hydrogens is 428 g/mol. The molecule has 34 heavy (non-hydrogen) atoms. The number of aromatic nitrogens is 1. The second-order valence-electron chi connectivity index (χ2n) is 8.52. The molecule has 0 bridgehead atoms. The summed E-state index contributed by atoms with van der Waals surface area (Å²) in [6.07, 6.45) is 1.68. The van der Waals surface area contributed by atoms with E-state index in [0.29, 0.717) is 22.6 Å². The Morgan fingerprint density at radius 3 is 2.24 bits per heavy atom. The third-order valence-corrected chi connectivity index (χ3v) is 5.38. The molecule has 3 aromatic rings. The summed E-state index contributed by atoms with van der Waals surface area (Å²) in [4.78, 5) is 34.4. The van der Waals surface area contributed by atoms with Gasteiger partial charge in [-0.25, -0.2) is 0 Å².